The molecule has 2 unspecified atom stereocenters. The lowest BCUT2D eigenvalue weighted by Crippen LogP contribution is -2.33. The highest BCUT2D eigenvalue weighted by atomic mass is 16.3. The molecule has 0 saturated heterocycles. The lowest BCUT2D eigenvalue weighted by atomic mass is 10.1. The van der Waals surface area contributed by atoms with Crippen molar-refractivity contribution in [3.63, 3.8) is 0 Å². The molecule has 0 fully saturated rings. The van der Waals surface area contributed by atoms with Gasteiger partial charge in [-0.15, -0.1) is 0 Å². The van der Waals surface area contributed by atoms with Crippen LogP contribution in [0, 0.1) is 6.92 Å². The van der Waals surface area contributed by atoms with Crippen molar-refractivity contribution in [2.45, 2.75) is 32.4 Å². The molecule has 0 spiro atoms. The molecule has 0 N–H and O–H groups in total. The minimum absolute atomic E-state index is 0.0533. The molecule has 2 aromatic carbocycles. The first-order valence-corrected chi connectivity index (χ1v) is 8.73. The van der Waals surface area contributed by atoms with Crippen molar-refractivity contribution in [2.24, 2.45) is 0 Å². The number of aromatic nitrogens is 1. The number of hydrogen-bond donors (Lipinski definition) is 0. The van der Waals surface area contributed by atoms with E-state index in [9.17, 15) is 0 Å². The average Bonchev–Trinajstić information content (AvgIpc) is 3.20. The van der Waals surface area contributed by atoms with Crippen LogP contribution in [0.3, 0.4) is 0 Å². The maximum absolute atomic E-state index is 5.51. The zero-order valence-electron chi connectivity index (χ0n) is 14.6. The van der Waals surface area contributed by atoms with Gasteiger partial charge in [-0.3, -0.25) is 0 Å². The second kappa shape index (κ2) is 6.60. The highest BCUT2D eigenvalue weighted by molar-refractivity contribution is 5.63. The van der Waals surface area contributed by atoms with Crippen LogP contribution in [-0.4, -0.2) is 11.0 Å². The zero-order chi connectivity index (χ0) is 17.2. The van der Waals surface area contributed by atoms with Gasteiger partial charge in [0.1, 0.15) is 11.5 Å². The third kappa shape index (κ3) is 2.98. The van der Waals surface area contributed by atoms with E-state index in [0.717, 1.165) is 17.9 Å². The minimum Gasteiger partial charge on any atom is -0.448 e. The van der Waals surface area contributed by atoms with Gasteiger partial charge in [-0.05, 0) is 37.5 Å². The molecule has 25 heavy (non-hydrogen) atoms. The SMILES string of the molecule is Cc1ocnc1C(C=Cc1ccccc1)N1c2ccccc2CC1C. The fourth-order valence-corrected chi connectivity index (χ4v) is 3.69. The first-order chi connectivity index (χ1) is 12.2. The van der Waals surface area contributed by atoms with Crippen LogP contribution < -0.4 is 4.90 Å². The molecule has 0 radical (unpaired) electrons. The summed E-state index contributed by atoms with van der Waals surface area (Å²) in [5, 5.41) is 0. The third-order valence-electron chi connectivity index (χ3n) is 4.89. The number of fused-ring (bicyclic) bond motifs is 1. The van der Waals surface area contributed by atoms with Gasteiger partial charge in [-0.25, -0.2) is 4.98 Å². The molecule has 2 atom stereocenters. The Hall–Kier alpha value is -2.81. The summed E-state index contributed by atoms with van der Waals surface area (Å²) in [4.78, 5) is 6.98. The molecule has 0 amide bonds. The Balaban J connectivity index is 1.76. The molecule has 0 aliphatic carbocycles. The van der Waals surface area contributed by atoms with Gasteiger partial charge in [0.15, 0.2) is 6.39 Å². The molecule has 3 nitrogen and oxygen atoms in total. The Kier molecular flexibility index (Phi) is 4.14. The van der Waals surface area contributed by atoms with Gasteiger partial charge in [0.25, 0.3) is 0 Å². The van der Waals surface area contributed by atoms with Gasteiger partial charge < -0.3 is 9.32 Å². The lowest BCUT2D eigenvalue weighted by molar-refractivity contribution is 0.520. The summed E-state index contributed by atoms with van der Waals surface area (Å²) < 4.78 is 5.51. The first-order valence-electron chi connectivity index (χ1n) is 8.73. The second-order valence-electron chi connectivity index (χ2n) is 6.60. The van der Waals surface area contributed by atoms with E-state index >= 15 is 0 Å². The number of rotatable bonds is 4. The van der Waals surface area contributed by atoms with Crippen molar-refractivity contribution in [2.75, 3.05) is 4.90 Å². The number of aryl methyl sites for hydroxylation is 1. The summed E-state index contributed by atoms with van der Waals surface area (Å²) in [6.07, 6.45) is 7.01. The summed E-state index contributed by atoms with van der Waals surface area (Å²) in [7, 11) is 0. The van der Waals surface area contributed by atoms with E-state index in [4.69, 9.17) is 4.42 Å². The molecular weight excluding hydrogens is 308 g/mol. The molecule has 4 rings (SSSR count). The summed E-state index contributed by atoms with van der Waals surface area (Å²) >= 11 is 0. The fraction of sp³-hybridized carbons (Fsp3) is 0.227. The number of anilines is 1. The Labute approximate surface area is 148 Å². The fourth-order valence-electron chi connectivity index (χ4n) is 3.69. The van der Waals surface area contributed by atoms with Crippen molar-refractivity contribution in [1.29, 1.82) is 0 Å². The topological polar surface area (TPSA) is 29.3 Å². The van der Waals surface area contributed by atoms with Crippen LogP contribution in [0.4, 0.5) is 5.69 Å². The number of oxazole rings is 1. The largest absolute Gasteiger partial charge is 0.448 e. The van der Waals surface area contributed by atoms with E-state index in [1.165, 1.54) is 16.8 Å². The van der Waals surface area contributed by atoms with Gasteiger partial charge in [-0.2, -0.15) is 0 Å². The summed E-state index contributed by atoms with van der Waals surface area (Å²) in [5.74, 6) is 0.874. The Morgan fingerprint density at radius 3 is 2.64 bits per heavy atom. The van der Waals surface area contributed by atoms with Crippen molar-refractivity contribution in [3.8, 4) is 0 Å². The van der Waals surface area contributed by atoms with Crippen LogP contribution >= 0.6 is 0 Å². The van der Waals surface area contributed by atoms with Gasteiger partial charge in [0.05, 0.1) is 6.04 Å². The minimum atomic E-state index is 0.0533. The molecular formula is C22H22N2O. The van der Waals surface area contributed by atoms with Crippen molar-refractivity contribution >= 4 is 11.8 Å². The predicted molar refractivity (Wildman–Crippen MR) is 102 cm³/mol. The molecule has 0 saturated carbocycles. The van der Waals surface area contributed by atoms with E-state index in [0.29, 0.717) is 6.04 Å². The zero-order valence-corrected chi connectivity index (χ0v) is 14.6. The number of hydrogen-bond acceptors (Lipinski definition) is 3. The van der Waals surface area contributed by atoms with Crippen molar-refractivity contribution in [1.82, 2.24) is 4.98 Å². The van der Waals surface area contributed by atoms with Crippen LogP contribution in [0.5, 0.6) is 0 Å². The van der Waals surface area contributed by atoms with Crippen LogP contribution in [0.15, 0.2) is 71.5 Å². The molecule has 126 valence electrons. The number of nitrogens with zero attached hydrogens (tertiary/aromatic N) is 2. The van der Waals surface area contributed by atoms with E-state index in [-0.39, 0.29) is 6.04 Å². The summed E-state index contributed by atoms with van der Waals surface area (Å²) in [5.41, 5.74) is 4.86. The van der Waals surface area contributed by atoms with Gasteiger partial charge in [0.2, 0.25) is 0 Å². The Bertz CT molecular complexity index is 882. The Morgan fingerprint density at radius 2 is 1.88 bits per heavy atom. The van der Waals surface area contributed by atoms with E-state index in [1.807, 2.05) is 13.0 Å². The number of benzene rings is 2. The monoisotopic (exact) mass is 330 g/mol. The predicted octanol–water partition coefficient (Wildman–Crippen LogP) is 5.19. The van der Waals surface area contributed by atoms with E-state index in [1.54, 1.807) is 6.39 Å². The number of para-hydroxylation sites is 1. The van der Waals surface area contributed by atoms with Gasteiger partial charge >= 0.3 is 0 Å². The lowest BCUT2D eigenvalue weighted by Gasteiger charge is -2.31. The molecule has 1 aromatic heterocycles. The Morgan fingerprint density at radius 1 is 1.12 bits per heavy atom. The highest BCUT2D eigenvalue weighted by Gasteiger charge is 2.33. The molecule has 2 heterocycles. The molecule has 3 aromatic rings. The second-order valence-corrected chi connectivity index (χ2v) is 6.60. The standard InChI is InChI=1S/C22H22N2O/c1-16-14-19-10-6-7-11-20(19)24(16)21(22-17(2)25-15-23-22)13-12-18-8-4-3-5-9-18/h3-13,15-16,21H,14H2,1-2H3. The molecule has 0 bridgehead atoms. The van der Waals surface area contributed by atoms with E-state index in [2.05, 4.69) is 77.5 Å². The molecule has 3 heteroatoms. The molecule has 1 aliphatic rings. The molecule has 1 aliphatic heterocycles. The highest BCUT2D eigenvalue weighted by Crippen LogP contribution is 2.39. The van der Waals surface area contributed by atoms with Crippen molar-refractivity contribution < 1.29 is 4.42 Å². The first kappa shape index (κ1) is 15.7. The average molecular weight is 330 g/mol. The van der Waals surface area contributed by atoms with Gasteiger partial charge in [0, 0.05) is 11.7 Å². The summed E-state index contributed by atoms with van der Waals surface area (Å²) in [6, 6.07) is 19.5. The summed E-state index contributed by atoms with van der Waals surface area (Å²) in [6.45, 7) is 4.26. The quantitative estimate of drug-likeness (QED) is 0.659. The van der Waals surface area contributed by atoms with Crippen molar-refractivity contribution in [3.05, 3.63) is 89.6 Å². The normalized spacial score (nSPS) is 17.8. The maximum atomic E-state index is 5.51. The van der Waals surface area contributed by atoms with Gasteiger partial charge in [-0.1, -0.05) is 60.7 Å². The van der Waals surface area contributed by atoms with Crippen LogP contribution in [0.1, 0.15) is 35.5 Å². The van der Waals surface area contributed by atoms with Crippen LogP contribution in [-0.2, 0) is 6.42 Å². The van der Waals surface area contributed by atoms with Crippen LogP contribution in [0.25, 0.3) is 6.08 Å². The third-order valence-corrected chi connectivity index (χ3v) is 4.89. The maximum Gasteiger partial charge on any atom is 0.181 e. The smallest absolute Gasteiger partial charge is 0.181 e. The van der Waals surface area contributed by atoms with E-state index < -0.39 is 0 Å². The van der Waals surface area contributed by atoms with Crippen LogP contribution in [0.2, 0.25) is 0 Å².